The van der Waals surface area contributed by atoms with Gasteiger partial charge in [0.15, 0.2) is 0 Å². The maximum Gasteiger partial charge on any atom is 0.326 e. The zero-order valence-electron chi connectivity index (χ0n) is 9.39. The molecule has 4 N–H and O–H groups in total. The highest BCUT2D eigenvalue weighted by molar-refractivity contribution is 5.92. The summed E-state index contributed by atoms with van der Waals surface area (Å²) in [5.74, 6) is -1.89. The smallest absolute Gasteiger partial charge is 0.326 e. The predicted molar refractivity (Wildman–Crippen MR) is 61.7 cm³/mol. The third-order valence-corrected chi connectivity index (χ3v) is 2.14. The number of aliphatic carboxylic acids is 1. The van der Waals surface area contributed by atoms with Gasteiger partial charge in [-0.25, -0.2) is 14.0 Å². The van der Waals surface area contributed by atoms with Gasteiger partial charge in [-0.1, -0.05) is 12.1 Å². The van der Waals surface area contributed by atoms with Crippen molar-refractivity contribution in [3.8, 4) is 0 Å². The lowest BCUT2D eigenvalue weighted by molar-refractivity contribution is -0.139. The molecule has 0 heterocycles. The number of carbonyl (C=O) groups is 2. The second kappa shape index (κ2) is 6.55. The van der Waals surface area contributed by atoms with E-state index in [1.165, 1.54) is 18.2 Å². The molecule has 0 spiro atoms. The Hall–Kier alpha value is -2.15. The second-order valence-electron chi connectivity index (χ2n) is 3.48. The minimum atomic E-state index is -1.27. The van der Waals surface area contributed by atoms with Crippen molar-refractivity contribution in [3.63, 3.8) is 0 Å². The monoisotopic (exact) mass is 256 g/mol. The van der Waals surface area contributed by atoms with Gasteiger partial charge in [-0.15, -0.1) is 0 Å². The van der Waals surface area contributed by atoms with Crippen molar-refractivity contribution in [2.24, 2.45) is 0 Å². The Morgan fingerprint density at radius 2 is 2.00 bits per heavy atom. The van der Waals surface area contributed by atoms with E-state index in [-0.39, 0.29) is 18.7 Å². The van der Waals surface area contributed by atoms with E-state index < -0.39 is 23.9 Å². The van der Waals surface area contributed by atoms with Crippen LogP contribution in [0, 0.1) is 5.82 Å². The molecule has 7 heteroatoms. The number of benzene rings is 1. The van der Waals surface area contributed by atoms with Gasteiger partial charge in [-0.05, 0) is 12.1 Å². The molecule has 0 fully saturated rings. The SMILES string of the molecule is O=C(Nc1ccccc1F)NC(CCO)C(=O)O. The summed E-state index contributed by atoms with van der Waals surface area (Å²) < 4.78 is 13.2. The Kier molecular flexibility index (Phi) is 5.06. The number of halogens is 1. The van der Waals surface area contributed by atoms with Crippen molar-refractivity contribution in [1.82, 2.24) is 5.32 Å². The van der Waals surface area contributed by atoms with Gasteiger partial charge in [-0.2, -0.15) is 0 Å². The molecule has 6 nitrogen and oxygen atoms in total. The van der Waals surface area contributed by atoms with Gasteiger partial charge in [0.05, 0.1) is 5.69 Å². The molecule has 1 aromatic carbocycles. The molecular weight excluding hydrogens is 243 g/mol. The van der Waals surface area contributed by atoms with Gasteiger partial charge in [0, 0.05) is 13.0 Å². The summed E-state index contributed by atoms with van der Waals surface area (Å²) in [4.78, 5) is 22.1. The Balaban J connectivity index is 2.61. The first-order valence-corrected chi connectivity index (χ1v) is 5.20. The van der Waals surface area contributed by atoms with Gasteiger partial charge in [-0.3, -0.25) is 0 Å². The highest BCUT2D eigenvalue weighted by Gasteiger charge is 2.19. The van der Waals surface area contributed by atoms with Gasteiger partial charge in [0.2, 0.25) is 0 Å². The maximum absolute atomic E-state index is 13.2. The molecule has 0 aromatic heterocycles. The molecular formula is C11H13FN2O4. The first-order valence-electron chi connectivity index (χ1n) is 5.20. The zero-order valence-corrected chi connectivity index (χ0v) is 9.39. The Labute approximate surface area is 102 Å². The molecule has 1 atom stereocenters. The number of para-hydroxylation sites is 1. The topological polar surface area (TPSA) is 98.7 Å². The standard InChI is InChI=1S/C11H13FN2O4/c12-7-3-1-2-4-8(7)13-11(18)14-9(5-6-15)10(16)17/h1-4,9,15H,5-6H2,(H,16,17)(H2,13,14,18). The van der Waals surface area contributed by atoms with Crippen LogP contribution in [0.4, 0.5) is 14.9 Å². The normalized spacial score (nSPS) is 11.7. The van der Waals surface area contributed by atoms with Gasteiger partial charge >= 0.3 is 12.0 Å². The van der Waals surface area contributed by atoms with Crippen LogP contribution < -0.4 is 10.6 Å². The van der Waals surface area contributed by atoms with E-state index >= 15 is 0 Å². The Morgan fingerprint density at radius 3 is 2.56 bits per heavy atom. The largest absolute Gasteiger partial charge is 0.480 e. The minimum absolute atomic E-state index is 0.0527. The fourth-order valence-electron chi connectivity index (χ4n) is 1.27. The minimum Gasteiger partial charge on any atom is -0.480 e. The number of carbonyl (C=O) groups excluding carboxylic acids is 1. The highest BCUT2D eigenvalue weighted by Crippen LogP contribution is 2.11. The summed E-state index contributed by atoms with van der Waals surface area (Å²) in [7, 11) is 0. The number of aliphatic hydroxyl groups is 1. The lowest BCUT2D eigenvalue weighted by Crippen LogP contribution is -2.43. The van der Waals surface area contributed by atoms with Crippen molar-refractivity contribution in [3.05, 3.63) is 30.1 Å². The first kappa shape index (κ1) is 13.9. The van der Waals surface area contributed by atoms with E-state index in [0.29, 0.717) is 0 Å². The average Bonchev–Trinajstić information content (AvgIpc) is 2.31. The van der Waals surface area contributed by atoms with Gasteiger partial charge in [0.1, 0.15) is 11.9 Å². The molecule has 0 bridgehead atoms. The maximum atomic E-state index is 13.2. The molecule has 0 saturated carbocycles. The fourth-order valence-corrected chi connectivity index (χ4v) is 1.27. The van der Waals surface area contributed by atoms with Crippen LogP contribution in [0.5, 0.6) is 0 Å². The Morgan fingerprint density at radius 1 is 1.33 bits per heavy atom. The number of amides is 2. The van der Waals surface area contributed by atoms with E-state index in [4.69, 9.17) is 10.2 Å². The first-order chi connectivity index (χ1) is 8.54. The third-order valence-electron chi connectivity index (χ3n) is 2.14. The summed E-state index contributed by atoms with van der Waals surface area (Å²) >= 11 is 0. The number of anilines is 1. The molecule has 0 saturated heterocycles. The van der Waals surface area contributed by atoms with Crippen molar-refractivity contribution in [2.75, 3.05) is 11.9 Å². The van der Waals surface area contributed by atoms with Crippen molar-refractivity contribution >= 4 is 17.7 Å². The molecule has 2 amide bonds. The molecule has 0 aliphatic carbocycles. The van der Waals surface area contributed by atoms with Crippen LogP contribution >= 0.6 is 0 Å². The van der Waals surface area contributed by atoms with Crippen molar-refractivity contribution in [1.29, 1.82) is 0 Å². The van der Waals surface area contributed by atoms with Crippen LogP contribution in [0.15, 0.2) is 24.3 Å². The Bertz CT molecular complexity index is 439. The van der Waals surface area contributed by atoms with E-state index in [9.17, 15) is 14.0 Å². The molecule has 1 unspecified atom stereocenters. The number of carboxylic acid groups (broad SMARTS) is 1. The summed E-state index contributed by atoms with van der Waals surface area (Å²) in [5.41, 5.74) is -0.0527. The molecule has 1 aromatic rings. The van der Waals surface area contributed by atoms with E-state index in [0.717, 1.165) is 6.07 Å². The number of aliphatic hydroxyl groups excluding tert-OH is 1. The lowest BCUT2D eigenvalue weighted by atomic mass is 10.2. The van der Waals surface area contributed by atoms with E-state index in [2.05, 4.69) is 10.6 Å². The number of hydrogen-bond acceptors (Lipinski definition) is 3. The number of hydrogen-bond donors (Lipinski definition) is 4. The summed E-state index contributed by atoms with van der Waals surface area (Å²) in [5, 5.41) is 21.7. The highest BCUT2D eigenvalue weighted by atomic mass is 19.1. The van der Waals surface area contributed by atoms with Gasteiger partial charge in [0.25, 0.3) is 0 Å². The molecule has 0 aliphatic heterocycles. The number of rotatable bonds is 5. The van der Waals surface area contributed by atoms with E-state index in [1.807, 2.05) is 0 Å². The van der Waals surface area contributed by atoms with Crippen LogP contribution in [0.1, 0.15) is 6.42 Å². The van der Waals surface area contributed by atoms with Crippen molar-refractivity contribution < 1.29 is 24.2 Å². The number of nitrogens with one attached hydrogen (secondary N) is 2. The molecule has 18 heavy (non-hydrogen) atoms. The van der Waals surface area contributed by atoms with Crippen molar-refractivity contribution in [2.45, 2.75) is 12.5 Å². The summed E-state index contributed by atoms with van der Waals surface area (Å²) in [6.07, 6.45) is -0.125. The van der Waals surface area contributed by atoms with Crippen LogP contribution in [0.3, 0.4) is 0 Å². The third kappa shape index (κ3) is 4.02. The summed E-state index contributed by atoms with van der Waals surface area (Å²) in [6.45, 7) is -0.378. The van der Waals surface area contributed by atoms with E-state index in [1.54, 1.807) is 0 Å². The quantitative estimate of drug-likeness (QED) is 0.625. The van der Waals surface area contributed by atoms with Gasteiger partial charge < -0.3 is 20.8 Å². The number of urea groups is 1. The van der Waals surface area contributed by atoms with Crippen LogP contribution in [0.25, 0.3) is 0 Å². The zero-order chi connectivity index (χ0) is 13.5. The molecule has 98 valence electrons. The summed E-state index contributed by atoms with van der Waals surface area (Å²) in [6, 6.07) is 3.43. The molecule has 0 aliphatic rings. The van der Waals surface area contributed by atoms with Crippen LogP contribution in [-0.4, -0.2) is 34.9 Å². The second-order valence-corrected chi connectivity index (χ2v) is 3.48. The lowest BCUT2D eigenvalue weighted by Gasteiger charge is -2.14. The number of carboxylic acids is 1. The van der Waals surface area contributed by atoms with Crippen LogP contribution in [-0.2, 0) is 4.79 Å². The molecule has 0 radical (unpaired) electrons. The predicted octanol–water partition coefficient (Wildman–Crippen LogP) is 0.783. The van der Waals surface area contributed by atoms with Crippen LogP contribution in [0.2, 0.25) is 0 Å². The molecule has 1 rings (SSSR count). The fraction of sp³-hybridized carbons (Fsp3) is 0.273. The average molecular weight is 256 g/mol.